The maximum Gasteiger partial charge on any atom is 0.269 e. The largest absolute Gasteiger partial charge is 0.491 e. The summed E-state index contributed by atoms with van der Waals surface area (Å²) in [5, 5.41) is 2.98. The molecule has 0 aromatic heterocycles. The van der Waals surface area contributed by atoms with Gasteiger partial charge in [0.25, 0.3) is 17.7 Å². The van der Waals surface area contributed by atoms with E-state index < -0.39 is 29.7 Å². The molecule has 170 valence electrons. The number of primary amides is 1. The van der Waals surface area contributed by atoms with Gasteiger partial charge in [-0.25, -0.2) is 0 Å². The lowest BCUT2D eigenvalue weighted by Crippen LogP contribution is -2.52. The van der Waals surface area contributed by atoms with Gasteiger partial charge in [0.1, 0.15) is 11.8 Å². The molecular formula is C22H25ClN4O5. The first-order valence-electron chi connectivity index (χ1n) is 9.87. The van der Waals surface area contributed by atoms with Gasteiger partial charge in [0, 0.05) is 22.6 Å². The summed E-state index contributed by atoms with van der Waals surface area (Å²) in [6.45, 7) is 3.77. The number of rotatable bonds is 9. The molecule has 0 bridgehead atoms. The fraction of sp³-hybridized carbons (Fsp3) is 0.273. The van der Waals surface area contributed by atoms with Crippen LogP contribution in [-0.2, 0) is 9.59 Å². The maximum absolute atomic E-state index is 12.6. The van der Waals surface area contributed by atoms with Gasteiger partial charge in [0.05, 0.1) is 6.10 Å². The molecule has 9 nitrogen and oxygen atoms in total. The molecule has 0 heterocycles. The predicted molar refractivity (Wildman–Crippen MR) is 119 cm³/mol. The van der Waals surface area contributed by atoms with E-state index in [1.54, 1.807) is 24.3 Å². The number of halogens is 1. The fourth-order valence-corrected chi connectivity index (χ4v) is 2.76. The highest BCUT2D eigenvalue weighted by Gasteiger charge is 2.23. The molecular weight excluding hydrogens is 436 g/mol. The van der Waals surface area contributed by atoms with Gasteiger partial charge < -0.3 is 15.8 Å². The van der Waals surface area contributed by atoms with Crippen molar-refractivity contribution < 1.29 is 23.9 Å². The number of hydrogen-bond donors (Lipinski definition) is 4. The predicted octanol–water partition coefficient (Wildman–Crippen LogP) is 1.95. The zero-order chi connectivity index (χ0) is 23.7. The average molecular weight is 461 g/mol. The molecule has 4 amide bonds. The number of amides is 4. The van der Waals surface area contributed by atoms with Crippen molar-refractivity contribution in [1.82, 2.24) is 16.2 Å². The van der Waals surface area contributed by atoms with Crippen molar-refractivity contribution >= 4 is 35.2 Å². The Morgan fingerprint density at radius 2 is 1.47 bits per heavy atom. The second-order valence-electron chi connectivity index (χ2n) is 7.17. The Labute approximate surface area is 190 Å². The summed E-state index contributed by atoms with van der Waals surface area (Å²) in [5.74, 6) is -1.83. The van der Waals surface area contributed by atoms with Crippen LogP contribution in [0.15, 0.2) is 48.5 Å². The van der Waals surface area contributed by atoms with E-state index >= 15 is 0 Å². The monoisotopic (exact) mass is 460 g/mol. The molecule has 5 N–H and O–H groups in total. The van der Waals surface area contributed by atoms with Crippen molar-refractivity contribution in [1.29, 1.82) is 0 Å². The topological polar surface area (TPSA) is 140 Å². The molecule has 0 unspecified atom stereocenters. The molecule has 10 heteroatoms. The first-order chi connectivity index (χ1) is 15.2. The van der Waals surface area contributed by atoms with Crippen LogP contribution in [-0.4, -0.2) is 35.8 Å². The van der Waals surface area contributed by atoms with E-state index in [-0.39, 0.29) is 24.5 Å². The van der Waals surface area contributed by atoms with Gasteiger partial charge in [-0.1, -0.05) is 11.6 Å². The zero-order valence-corrected chi connectivity index (χ0v) is 18.4. The number of nitrogens with one attached hydrogen (secondary N) is 3. The SMILES string of the molecule is CC(C)Oc1ccc(C(=O)NNC(=O)[C@@H](CCC(N)=O)NC(=O)c2ccc(Cl)cc2)cc1. The van der Waals surface area contributed by atoms with Crippen molar-refractivity contribution in [3.63, 3.8) is 0 Å². The summed E-state index contributed by atoms with van der Waals surface area (Å²) in [7, 11) is 0. The van der Waals surface area contributed by atoms with Crippen molar-refractivity contribution in [3.8, 4) is 5.75 Å². The number of ether oxygens (including phenoxy) is 1. The number of carbonyl (C=O) groups excluding carboxylic acids is 4. The van der Waals surface area contributed by atoms with Crippen molar-refractivity contribution in [2.45, 2.75) is 38.8 Å². The highest BCUT2D eigenvalue weighted by molar-refractivity contribution is 6.30. The lowest BCUT2D eigenvalue weighted by atomic mass is 10.1. The van der Waals surface area contributed by atoms with E-state index in [0.717, 1.165) is 0 Å². The molecule has 32 heavy (non-hydrogen) atoms. The number of carbonyl (C=O) groups is 4. The van der Waals surface area contributed by atoms with Crippen LogP contribution in [0.1, 0.15) is 47.4 Å². The Hall–Kier alpha value is -3.59. The van der Waals surface area contributed by atoms with Crippen LogP contribution in [0, 0.1) is 0 Å². The van der Waals surface area contributed by atoms with Crippen LogP contribution in [0.25, 0.3) is 0 Å². The molecule has 0 aliphatic carbocycles. The van der Waals surface area contributed by atoms with Crippen LogP contribution in [0.4, 0.5) is 0 Å². The Morgan fingerprint density at radius 1 is 0.906 bits per heavy atom. The summed E-state index contributed by atoms with van der Waals surface area (Å²) >= 11 is 5.81. The fourth-order valence-electron chi connectivity index (χ4n) is 2.63. The molecule has 2 rings (SSSR count). The number of nitrogens with two attached hydrogens (primary N) is 1. The molecule has 1 atom stereocenters. The molecule has 2 aromatic rings. The van der Waals surface area contributed by atoms with Gasteiger partial charge in [0.15, 0.2) is 0 Å². The summed E-state index contributed by atoms with van der Waals surface area (Å²) in [5.41, 5.74) is 10.3. The normalized spacial score (nSPS) is 11.4. The summed E-state index contributed by atoms with van der Waals surface area (Å²) < 4.78 is 5.52. The third kappa shape index (κ3) is 7.92. The van der Waals surface area contributed by atoms with Crippen molar-refractivity contribution in [3.05, 3.63) is 64.7 Å². The molecule has 2 aromatic carbocycles. The molecule has 0 aliphatic heterocycles. The second-order valence-corrected chi connectivity index (χ2v) is 7.61. The summed E-state index contributed by atoms with van der Waals surface area (Å²) in [6.07, 6.45) is -0.184. The van der Waals surface area contributed by atoms with Crippen LogP contribution in [0.3, 0.4) is 0 Å². The first kappa shape index (κ1) is 24.7. The lowest BCUT2D eigenvalue weighted by molar-refractivity contribution is -0.124. The molecule has 0 saturated heterocycles. The molecule has 0 fully saturated rings. The van der Waals surface area contributed by atoms with E-state index in [9.17, 15) is 19.2 Å². The second kappa shape index (κ2) is 11.7. The van der Waals surface area contributed by atoms with Crippen molar-refractivity contribution in [2.75, 3.05) is 0 Å². The van der Waals surface area contributed by atoms with E-state index in [4.69, 9.17) is 22.1 Å². The maximum atomic E-state index is 12.6. The summed E-state index contributed by atoms with van der Waals surface area (Å²) in [6, 6.07) is 11.3. The van der Waals surface area contributed by atoms with Crippen LogP contribution in [0.2, 0.25) is 5.02 Å². The quantitative estimate of drug-likeness (QED) is 0.423. The summed E-state index contributed by atoms with van der Waals surface area (Å²) in [4.78, 5) is 48.4. The number of benzene rings is 2. The van der Waals surface area contributed by atoms with E-state index in [2.05, 4.69) is 16.2 Å². The third-order valence-corrected chi connectivity index (χ3v) is 4.45. The van der Waals surface area contributed by atoms with Gasteiger partial charge in [-0.2, -0.15) is 0 Å². The third-order valence-electron chi connectivity index (χ3n) is 4.20. The highest BCUT2D eigenvalue weighted by atomic mass is 35.5. The highest BCUT2D eigenvalue weighted by Crippen LogP contribution is 2.14. The Morgan fingerprint density at radius 3 is 2.03 bits per heavy atom. The van der Waals surface area contributed by atoms with E-state index in [0.29, 0.717) is 16.3 Å². The average Bonchev–Trinajstić information content (AvgIpc) is 2.75. The smallest absolute Gasteiger partial charge is 0.269 e. The molecule has 0 aliphatic rings. The lowest BCUT2D eigenvalue weighted by Gasteiger charge is -2.18. The minimum absolute atomic E-state index is 0.00520. The van der Waals surface area contributed by atoms with Crippen LogP contribution in [0.5, 0.6) is 5.75 Å². The standard InChI is InChI=1S/C22H25ClN4O5/c1-13(2)32-17-9-5-15(6-10-17)21(30)26-27-22(31)18(11-12-19(24)28)25-20(29)14-3-7-16(23)8-4-14/h3-10,13,18H,11-12H2,1-2H3,(H2,24,28)(H,25,29)(H,26,30)(H,27,31)/t18-/m1/s1. The zero-order valence-electron chi connectivity index (χ0n) is 17.7. The minimum Gasteiger partial charge on any atom is -0.491 e. The number of hydrogen-bond acceptors (Lipinski definition) is 5. The molecule has 0 saturated carbocycles. The molecule has 0 spiro atoms. The minimum atomic E-state index is -1.10. The Kier molecular flexibility index (Phi) is 9.03. The van der Waals surface area contributed by atoms with Gasteiger partial charge in [-0.15, -0.1) is 0 Å². The van der Waals surface area contributed by atoms with Crippen molar-refractivity contribution in [2.24, 2.45) is 5.73 Å². The van der Waals surface area contributed by atoms with Gasteiger partial charge in [0.2, 0.25) is 5.91 Å². The van der Waals surface area contributed by atoms with E-state index in [1.165, 1.54) is 24.3 Å². The van der Waals surface area contributed by atoms with E-state index in [1.807, 2.05) is 13.8 Å². The Balaban J connectivity index is 1.99. The molecule has 0 radical (unpaired) electrons. The number of hydrazine groups is 1. The van der Waals surface area contributed by atoms with Gasteiger partial charge in [-0.05, 0) is 68.8 Å². The Bertz CT molecular complexity index is 961. The first-order valence-corrected chi connectivity index (χ1v) is 10.2. The van der Waals surface area contributed by atoms with Gasteiger partial charge in [-0.3, -0.25) is 30.0 Å². The van der Waals surface area contributed by atoms with Gasteiger partial charge >= 0.3 is 0 Å². The van der Waals surface area contributed by atoms with Crippen LogP contribution >= 0.6 is 11.6 Å². The van der Waals surface area contributed by atoms with Crippen LogP contribution < -0.4 is 26.6 Å².